The normalized spacial score (nSPS) is 21.1. The summed E-state index contributed by atoms with van der Waals surface area (Å²) in [6, 6.07) is 102. The maximum absolute atomic E-state index is 2.75. The van der Waals surface area contributed by atoms with Crippen LogP contribution in [0.15, 0.2) is 255 Å². The molecule has 1 aliphatic heterocycles. The first kappa shape index (κ1) is 89.2. The minimum Gasteiger partial charge on any atom is -0.0686 e. The number of hydrogen-bond donors (Lipinski definition) is 0. The Bertz CT molecular complexity index is 6460. The molecule has 4 atom stereocenters. The quantitative estimate of drug-likeness (QED) is 0.0751. The van der Waals surface area contributed by atoms with Crippen LogP contribution in [0.2, 0.25) is 0 Å². The molecule has 8 aliphatic carbocycles. The summed E-state index contributed by atoms with van der Waals surface area (Å²) in [5, 5.41) is 0. The summed E-state index contributed by atoms with van der Waals surface area (Å²) in [6.45, 7) is 51.8. The molecule has 0 amide bonds. The maximum Gasteiger partial charge on any atom is 0.243 e. The molecule has 14 aromatic rings. The van der Waals surface area contributed by atoms with Crippen molar-refractivity contribution in [3.05, 3.63) is 388 Å². The highest BCUT2D eigenvalue weighted by Crippen LogP contribution is 2.68. The summed E-state index contributed by atoms with van der Waals surface area (Å²) < 4.78 is 0. The van der Waals surface area contributed by atoms with Gasteiger partial charge in [-0.3, -0.25) is 0 Å². The van der Waals surface area contributed by atoms with Crippen molar-refractivity contribution in [3.63, 3.8) is 0 Å². The van der Waals surface area contributed by atoms with Gasteiger partial charge in [-0.1, -0.05) is 448 Å². The molecule has 0 aromatic heterocycles. The Morgan fingerprint density at radius 1 is 0.242 bits per heavy atom. The molecule has 8 fully saturated rings. The van der Waals surface area contributed by atoms with Gasteiger partial charge in [0.2, 0.25) is 26.9 Å². The predicted molar refractivity (Wildman–Crippen MR) is 575 cm³/mol. The highest BCUT2D eigenvalue weighted by molar-refractivity contribution is 7.00. The lowest BCUT2D eigenvalue weighted by Gasteiger charge is -2.63. The van der Waals surface area contributed by atoms with Gasteiger partial charge in [-0.15, -0.1) is 0 Å². The van der Waals surface area contributed by atoms with E-state index in [9.17, 15) is 0 Å². The van der Waals surface area contributed by atoms with Gasteiger partial charge in [0, 0.05) is 0 Å². The van der Waals surface area contributed by atoms with Crippen LogP contribution < -0.4 is 65.6 Å². The summed E-state index contributed by atoms with van der Waals surface area (Å²) in [5.74, 6) is 4.06. The van der Waals surface area contributed by atoms with E-state index in [2.05, 4.69) is 407 Å². The van der Waals surface area contributed by atoms with E-state index in [0.29, 0.717) is 11.8 Å². The summed E-state index contributed by atoms with van der Waals surface area (Å²) in [7, 11) is 0. The zero-order valence-corrected chi connectivity index (χ0v) is 83.5. The van der Waals surface area contributed by atoms with Crippen LogP contribution in [-0.2, 0) is 21.7 Å². The molecule has 0 N–H and O–H groups in total. The van der Waals surface area contributed by atoms with Gasteiger partial charge >= 0.3 is 0 Å². The van der Waals surface area contributed by atoms with Crippen LogP contribution in [0.3, 0.4) is 0 Å². The molecule has 0 nitrogen and oxygen atoms in total. The molecule has 1 heterocycles. The van der Waals surface area contributed by atoms with E-state index in [1.807, 2.05) is 0 Å². The van der Waals surface area contributed by atoms with Gasteiger partial charge in [0.15, 0.2) is 0 Å². The van der Waals surface area contributed by atoms with E-state index < -0.39 is 0 Å². The van der Waals surface area contributed by atoms with Gasteiger partial charge in [-0.25, -0.2) is 0 Å². The molecule has 4 unspecified atom stereocenters. The fourth-order valence-corrected chi connectivity index (χ4v) is 30.8. The average Bonchev–Trinajstić information content (AvgIpc) is 1.12. The Morgan fingerprint density at radius 3 is 0.765 bits per heavy atom. The molecule has 23 rings (SSSR count). The second kappa shape index (κ2) is 34.4. The van der Waals surface area contributed by atoms with Crippen molar-refractivity contribution >= 4 is 92.4 Å². The van der Waals surface area contributed by atoms with E-state index in [0.717, 1.165) is 23.7 Å². The monoisotopic (exact) mass is 1720 g/mol. The lowest BCUT2D eigenvalue weighted by molar-refractivity contribution is -0.0283. The molecule has 0 saturated heterocycles. The molecule has 14 aromatic carbocycles. The Kier molecular flexibility index (Phi) is 23.2. The van der Waals surface area contributed by atoms with Crippen LogP contribution >= 0.6 is 0 Å². The van der Waals surface area contributed by atoms with Gasteiger partial charge in [-0.2, -0.15) is 0 Å². The van der Waals surface area contributed by atoms with Crippen molar-refractivity contribution in [2.24, 2.45) is 23.7 Å². The Morgan fingerprint density at radius 2 is 0.492 bits per heavy atom. The van der Waals surface area contributed by atoms with Gasteiger partial charge in [0.25, 0.3) is 0 Å². The van der Waals surface area contributed by atoms with Crippen molar-refractivity contribution in [1.29, 1.82) is 0 Å². The second-order valence-corrected chi connectivity index (χ2v) is 45.2. The Hall–Kier alpha value is -10.7. The SMILES string of the molecule is Cc1cc(C)c(B(c2ccc(C34CC5CC(C3)CC(c3ccc(-c6cccc(B(c7c(C)cc(C)cc7C)c7c(C)cc(C)cc7C)c6)cc3)(C5)C4)cc2)c2c(C)cc(C)cc2C)c(C)c1.Cc1cc(C)c(B(c2cccc(-c3ccc(C45CC6CC(C4)CC(c4cc(C(C)C)c(B7c8ccccc8-c8ccccc87)c(C(C)C)c4)(C6)C5)cc3)c2)c2c(C)cc(C)cc2C)c(C)c1. The third-order valence-electron chi connectivity index (χ3n) is 34.5. The summed E-state index contributed by atoms with van der Waals surface area (Å²) in [6.07, 6.45) is 16.1. The van der Waals surface area contributed by atoms with E-state index in [1.165, 1.54) is 271 Å². The highest BCUT2D eigenvalue weighted by atomic mass is 14.6. The Labute approximate surface area is 794 Å². The van der Waals surface area contributed by atoms with Crippen molar-refractivity contribution in [2.45, 2.75) is 263 Å². The van der Waals surface area contributed by atoms with Gasteiger partial charge in [-0.05, 0) is 326 Å². The zero-order chi connectivity index (χ0) is 92.2. The minimum absolute atomic E-state index is 0.167. The van der Waals surface area contributed by atoms with E-state index in [-0.39, 0.29) is 48.5 Å². The van der Waals surface area contributed by atoms with Crippen molar-refractivity contribution < 1.29 is 0 Å². The van der Waals surface area contributed by atoms with Gasteiger partial charge in [0.05, 0.1) is 0 Å². The first-order valence-corrected chi connectivity index (χ1v) is 50.6. The van der Waals surface area contributed by atoms with Crippen LogP contribution in [0, 0.1) is 148 Å². The number of aryl methyl sites for hydroxylation is 18. The molecule has 662 valence electrons. The highest BCUT2D eigenvalue weighted by Gasteiger charge is 2.61. The number of fused-ring (bicyclic) bond motifs is 3. The molecule has 8 saturated carbocycles. The summed E-state index contributed by atoms with van der Waals surface area (Å²) in [4.78, 5) is 0. The summed E-state index contributed by atoms with van der Waals surface area (Å²) >= 11 is 0. The second-order valence-electron chi connectivity index (χ2n) is 45.2. The molecule has 0 spiro atoms. The molecule has 0 radical (unpaired) electrons. The standard InChI is InChI=1S/C64H68B2.C64H70B2/c1-39(2)56-32-52(33-57(40(3)4)62(56)66-58-20-13-11-18-54(58)55-19-12-14-21-59(55)66)64-36-47-30-48(37-64)35-63(34-47,38-64)51-24-22-49(23-25-51)50-16-15-17-53(31-50)65(60-43(7)26-41(5)27-44(60)8)61-45(9)28-42(6)29-46(61)10;1-39-24-43(5)59(44(6)25-39)65(60-45(7)26-40(2)27-46(60)8)57-22-20-56(21-23-57)64-36-51-32-52(37-64)35-63(34-51,38-64)55-18-16-53(17-19-55)54-14-13-15-58(33-54)66(61-47(9)28-41(3)29-48(61)10)62-49(11)30-42(4)31-50(62)12/h11-29,31-33,39-40,47-48H,30,34-38H2,1-10H3;13-31,33,51-52H,32,34-38H2,1-12H3. The molecule has 4 heteroatoms. The van der Waals surface area contributed by atoms with Crippen molar-refractivity contribution in [1.82, 2.24) is 0 Å². The minimum atomic E-state index is 0.167. The van der Waals surface area contributed by atoms with E-state index in [1.54, 1.807) is 38.8 Å². The fraction of sp³-hybridized carbons (Fsp3) is 0.344. The first-order chi connectivity index (χ1) is 63.2. The topological polar surface area (TPSA) is 0 Å². The maximum atomic E-state index is 2.75. The fourth-order valence-electron chi connectivity index (χ4n) is 30.8. The third-order valence-corrected chi connectivity index (χ3v) is 34.5. The molecule has 8 bridgehead atoms. The molecular weight excluding hydrogens is 1580 g/mol. The zero-order valence-electron chi connectivity index (χ0n) is 83.5. The lowest BCUT2D eigenvalue weighted by atomic mass is 9.34. The Balaban J connectivity index is 0.000000165. The predicted octanol–water partition coefficient (Wildman–Crippen LogP) is 24.1. The van der Waals surface area contributed by atoms with Gasteiger partial charge in [0.1, 0.15) is 0 Å². The van der Waals surface area contributed by atoms with Crippen molar-refractivity contribution in [3.8, 4) is 33.4 Å². The number of rotatable bonds is 18. The van der Waals surface area contributed by atoms with Gasteiger partial charge < -0.3 is 0 Å². The van der Waals surface area contributed by atoms with Crippen LogP contribution in [0.4, 0.5) is 0 Å². The van der Waals surface area contributed by atoms with Crippen molar-refractivity contribution in [2.75, 3.05) is 0 Å². The van der Waals surface area contributed by atoms with Crippen LogP contribution in [0.1, 0.15) is 250 Å². The van der Waals surface area contributed by atoms with Crippen LogP contribution in [0.25, 0.3) is 33.4 Å². The molecular formula is C128H138B4. The smallest absolute Gasteiger partial charge is 0.0686 e. The first-order valence-electron chi connectivity index (χ1n) is 50.6. The largest absolute Gasteiger partial charge is 0.243 e. The number of hydrogen-bond acceptors (Lipinski definition) is 0. The third kappa shape index (κ3) is 15.8. The molecule has 132 heavy (non-hydrogen) atoms. The van der Waals surface area contributed by atoms with Crippen LogP contribution in [0.5, 0.6) is 0 Å². The van der Waals surface area contributed by atoms with E-state index >= 15 is 0 Å². The lowest BCUT2D eigenvalue weighted by Crippen LogP contribution is -2.57. The average molecular weight is 1720 g/mol. The number of benzene rings is 14. The van der Waals surface area contributed by atoms with Crippen LogP contribution in [-0.4, -0.2) is 26.9 Å². The summed E-state index contributed by atoms with van der Waals surface area (Å²) in [5.41, 5.74) is 60.6. The van der Waals surface area contributed by atoms with E-state index in [4.69, 9.17) is 0 Å². The molecule has 9 aliphatic rings.